The Bertz CT molecular complexity index is 1150. The van der Waals surface area contributed by atoms with Crippen molar-refractivity contribution in [2.45, 2.75) is 58.3 Å². The first-order chi connectivity index (χ1) is 16.5. The van der Waals surface area contributed by atoms with E-state index < -0.39 is 0 Å². The van der Waals surface area contributed by atoms with Crippen molar-refractivity contribution in [3.8, 4) is 11.1 Å². The minimum Gasteiger partial charge on any atom is -0.387 e. The van der Waals surface area contributed by atoms with Crippen molar-refractivity contribution < 1.29 is 0 Å². The Morgan fingerprint density at radius 1 is 1.09 bits per heavy atom. The number of hydrogen-bond donors (Lipinski definition) is 1. The lowest BCUT2D eigenvalue weighted by atomic mass is 9.92. The highest BCUT2D eigenvalue weighted by Gasteiger charge is 2.22. The van der Waals surface area contributed by atoms with Gasteiger partial charge in [-0.2, -0.15) is 0 Å². The van der Waals surface area contributed by atoms with E-state index in [0.29, 0.717) is 18.2 Å². The molecule has 0 aromatic heterocycles. The SMILES string of the molecule is C=C=C1CCCC1c1ccc(-c2ccc3c(c2)N=C(N)CC(C(=C)N(CCC)CCC)=C3)cc1. The predicted molar refractivity (Wildman–Crippen MR) is 146 cm³/mol. The number of benzene rings is 2. The fraction of sp³-hybridized carbons (Fsp3) is 0.355. The van der Waals surface area contributed by atoms with Crippen molar-refractivity contribution >= 4 is 17.6 Å². The van der Waals surface area contributed by atoms with Gasteiger partial charge in [0.05, 0.1) is 5.69 Å². The normalized spacial score (nSPS) is 17.4. The average molecular weight is 452 g/mol. The Labute approximate surface area is 205 Å². The molecule has 0 spiro atoms. The first kappa shape index (κ1) is 23.9. The topological polar surface area (TPSA) is 41.6 Å². The molecule has 2 N–H and O–H groups in total. The number of aliphatic imine (C=N–C) groups is 1. The Kier molecular flexibility index (Phi) is 7.55. The molecule has 2 aromatic rings. The Hall–Kier alpha value is -3.29. The van der Waals surface area contributed by atoms with Crippen LogP contribution in [0.1, 0.15) is 69.4 Å². The number of hydrogen-bond acceptors (Lipinski definition) is 3. The van der Waals surface area contributed by atoms with E-state index in [2.05, 4.69) is 86.2 Å². The van der Waals surface area contributed by atoms with Gasteiger partial charge < -0.3 is 10.6 Å². The fourth-order valence-electron chi connectivity index (χ4n) is 5.21. The molecular weight excluding hydrogens is 414 g/mol. The molecule has 1 unspecified atom stereocenters. The van der Waals surface area contributed by atoms with Crippen LogP contribution in [-0.4, -0.2) is 23.8 Å². The summed E-state index contributed by atoms with van der Waals surface area (Å²) in [4.78, 5) is 7.15. The molecule has 0 amide bonds. The van der Waals surface area contributed by atoms with Crippen LogP contribution in [0.4, 0.5) is 5.69 Å². The molecule has 176 valence electrons. The fourth-order valence-corrected chi connectivity index (χ4v) is 5.21. The van der Waals surface area contributed by atoms with Gasteiger partial charge in [0.1, 0.15) is 5.84 Å². The summed E-state index contributed by atoms with van der Waals surface area (Å²) in [5.74, 6) is 1.11. The van der Waals surface area contributed by atoms with Gasteiger partial charge in [-0.25, -0.2) is 4.99 Å². The van der Waals surface area contributed by atoms with E-state index in [1.165, 1.54) is 29.5 Å². The lowest BCUT2D eigenvalue weighted by Gasteiger charge is -2.27. The molecule has 4 rings (SSSR count). The van der Waals surface area contributed by atoms with E-state index in [9.17, 15) is 0 Å². The minimum absolute atomic E-state index is 0.472. The van der Waals surface area contributed by atoms with Gasteiger partial charge in [-0.1, -0.05) is 63.4 Å². The number of rotatable bonds is 8. The van der Waals surface area contributed by atoms with Gasteiger partial charge in [-0.05, 0) is 72.1 Å². The predicted octanol–water partition coefficient (Wildman–Crippen LogP) is 7.74. The van der Waals surface area contributed by atoms with Crippen LogP contribution in [0, 0.1) is 0 Å². The van der Waals surface area contributed by atoms with Crippen LogP contribution in [0.5, 0.6) is 0 Å². The third-order valence-electron chi connectivity index (χ3n) is 6.97. The van der Waals surface area contributed by atoms with Crippen LogP contribution in [-0.2, 0) is 0 Å². The number of amidine groups is 1. The van der Waals surface area contributed by atoms with Crippen molar-refractivity contribution in [2.75, 3.05) is 13.1 Å². The van der Waals surface area contributed by atoms with E-state index >= 15 is 0 Å². The van der Waals surface area contributed by atoms with Gasteiger partial charge in [0.15, 0.2) is 0 Å². The highest BCUT2D eigenvalue weighted by Crippen LogP contribution is 2.39. The molecule has 0 radical (unpaired) electrons. The van der Waals surface area contributed by atoms with Crippen LogP contribution in [0.3, 0.4) is 0 Å². The van der Waals surface area contributed by atoms with Crippen molar-refractivity contribution in [3.63, 3.8) is 0 Å². The van der Waals surface area contributed by atoms with Crippen molar-refractivity contribution in [1.29, 1.82) is 0 Å². The van der Waals surface area contributed by atoms with Crippen LogP contribution in [0.25, 0.3) is 17.2 Å². The van der Waals surface area contributed by atoms with E-state index in [1.807, 2.05) is 0 Å². The van der Waals surface area contributed by atoms with E-state index in [4.69, 9.17) is 10.7 Å². The molecule has 3 heteroatoms. The van der Waals surface area contributed by atoms with Crippen molar-refractivity contribution in [1.82, 2.24) is 4.90 Å². The second-order valence-corrected chi connectivity index (χ2v) is 9.43. The van der Waals surface area contributed by atoms with E-state index in [0.717, 1.165) is 60.4 Å². The molecule has 1 atom stereocenters. The third-order valence-corrected chi connectivity index (χ3v) is 6.97. The molecule has 3 nitrogen and oxygen atoms in total. The maximum atomic E-state index is 6.37. The molecule has 2 aliphatic rings. The van der Waals surface area contributed by atoms with Crippen LogP contribution >= 0.6 is 0 Å². The molecule has 0 saturated heterocycles. The molecule has 2 aromatic carbocycles. The molecule has 1 saturated carbocycles. The molecule has 1 aliphatic carbocycles. The zero-order chi connectivity index (χ0) is 24.1. The zero-order valence-electron chi connectivity index (χ0n) is 20.7. The van der Waals surface area contributed by atoms with Crippen LogP contribution in [0.15, 0.2) is 83.2 Å². The summed E-state index contributed by atoms with van der Waals surface area (Å²) in [7, 11) is 0. The van der Waals surface area contributed by atoms with Gasteiger partial charge >= 0.3 is 0 Å². The highest BCUT2D eigenvalue weighted by molar-refractivity contribution is 5.92. The molecule has 34 heavy (non-hydrogen) atoms. The quantitative estimate of drug-likeness (QED) is 0.417. The molecule has 0 bridgehead atoms. The smallest absolute Gasteiger partial charge is 0.104 e. The Morgan fingerprint density at radius 2 is 1.79 bits per heavy atom. The lowest BCUT2D eigenvalue weighted by Crippen LogP contribution is -2.26. The summed E-state index contributed by atoms with van der Waals surface area (Å²) in [6.45, 7) is 14.7. The van der Waals surface area contributed by atoms with Gasteiger partial charge in [0, 0.05) is 36.7 Å². The summed E-state index contributed by atoms with van der Waals surface area (Å²) < 4.78 is 0. The molecular formula is C31H37N3. The number of allylic oxidation sites excluding steroid dienone is 2. The highest BCUT2D eigenvalue weighted by atomic mass is 15.1. The number of fused-ring (bicyclic) bond motifs is 1. The summed E-state index contributed by atoms with van der Waals surface area (Å²) in [5, 5.41) is 0. The van der Waals surface area contributed by atoms with Crippen molar-refractivity contribution in [3.05, 3.63) is 89.3 Å². The zero-order valence-corrected chi connectivity index (χ0v) is 20.7. The second kappa shape index (κ2) is 10.8. The average Bonchev–Trinajstić information content (AvgIpc) is 3.26. The maximum Gasteiger partial charge on any atom is 0.104 e. The second-order valence-electron chi connectivity index (χ2n) is 9.43. The van der Waals surface area contributed by atoms with E-state index in [-0.39, 0.29) is 0 Å². The van der Waals surface area contributed by atoms with Crippen LogP contribution < -0.4 is 5.73 Å². The van der Waals surface area contributed by atoms with Crippen molar-refractivity contribution in [2.24, 2.45) is 10.7 Å². The Morgan fingerprint density at radius 3 is 2.47 bits per heavy atom. The standard InChI is InChI=1S/C31H37N3/c1-5-17-34(18-6-2)22(4)28-19-27-16-15-26(20-30(27)33-31(32)21-28)24-11-13-25(14-12-24)29-10-8-9-23(29)7-3/h11-16,19-20,29H,3-6,8-10,17-18,21H2,1-2H3,(H2,32,33). The molecule has 1 fully saturated rings. The minimum atomic E-state index is 0.472. The van der Waals surface area contributed by atoms with Gasteiger partial charge in [-0.3, -0.25) is 0 Å². The maximum absolute atomic E-state index is 6.37. The summed E-state index contributed by atoms with van der Waals surface area (Å²) in [6, 6.07) is 15.4. The number of nitrogens with two attached hydrogens (primary N) is 1. The first-order valence-electron chi connectivity index (χ1n) is 12.6. The summed E-state index contributed by atoms with van der Waals surface area (Å²) in [6.07, 6.45) is 8.58. The molecule has 1 aliphatic heterocycles. The lowest BCUT2D eigenvalue weighted by molar-refractivity contribution is 0.351. The summed E-state index contributed by atoms with van der Waals surface area (Å²) in [5.41, 5.74) is 18.8. The van der Waals surface area contributed by atoms with Gasteiger partial charge in [0.2, 0.25) is 0 Å². The van der Waals surface area contributed by atoms with Gasteiger partial charge in [-0.15, -0.1) is 5.73 Å². The largest absolute Gasteiger partial charge is 0.387 e. The number of nitrogens with zero attached hydrogens (tertiary/aromatic N) is 2. The van der Waals surface area contributed by atoms with Gasteiger partial charge in [0.25, 0.3) is 0 Å². The Balaban J connectivity index is 1.61. The van der Waals surface area contributed by atoms with Crippen LogP contribution in [0.2, 0.25) is 0 Å². The van der Waals surface area contributed by atoms with E-state index in [1.54, 1.807) is 0 Å². The third kappa shape index (κ3) is 5.11. The summed E-state index contributed by atoms with van der Waals surface area (Å²) >= 11 is 0. The molecule has 1 heterocycles. The monoisotopic (exact) mass is 451 g/mol. The first-order valence-corrected chi connectivity index (χ1v) is 12.6.